The lowest BCUT2D eigenvalue weighted by atomic mass is 9.86. The molecule has 0 spiro atoms. The van der Waals surface area contributed by atoms with Crippen LogP contribution in [-0.4, -0.2) is 58.6 Å². The first-order valence-electron chi connectivity index (χ1n) is 13.0. The van der Waals surface area contributed by atoms with Crippen molar-refractivity contribution in [1.29, 1.82) is 0 Å². The van der Waals surface area contributed by atoms with Gasteiger partial charge in [0.25, 0.3) is 11.8 Å². The summed E-state index contributed by atoms with van der Waals surface area (Å²) in [5, 5.41) is 7.33. The Morgan fingerprint density at radius 2 is 1.76 bits per heavy atom. The predicted molar refractivity (Wildman–Crippen MR) is 149 cm³/mol. The fourth-order valence-corrected chi connectivity index (χ4v) is 5.33. The Bertz CT molecular complexity index is 1740. The number of carbonyl (C=O) groups excluding carboxylic acids is 2. The fourth-order valence-electron chi connectivity index (χ4n) is 4.79. The van der Waals surface area contributed by atoms with E-state index in [0.717, 1.165) is 6.20 Å². The van der Waals surface area contributed by atoms with Crippen molar-refractivity contribution in [3.8, 4) is 0 Å². The molecule has 1 aliphatic rings. The molecule has 10 nitrogen and oxygen atoms in total. The Kier molecular flexibility index (Phi) is 7.47. The minimum atomic E-state index is -3.85. The highest BCUT2D eigenvalue weighted by molar-refractivity contribution is 7.90. The Labute approximate surface area is 235 Å². The number of likely N-dealkylation sites (tertiary alicyclic amines) is 1. The van der Waals surface area contributed by atoms with Crippen molar-refractivity contribution < 1.29 is 26.8 Å². The maximum atomic E-state index is 15.7. The van der Waals surface area contributed by atoms with E-state index in [1.807, 2.05) is 10.8 Å². The average molecular weight is 583 g/mol. The maximum Gasteiger partial charge on any atom is 0.270 e. The summed E-state index contributed by atoms with van der Waals surface area (Å²) in [5.41, 5.74) is -0.0271. The zero-order valence-corrected chi connectivity index (χ0v) is 23.2. The third-order valence-electron chi connectivity index (χ3n) is 7.21. The second-order valence-electron chi connectivity index (χ2n) is 9.86. The quantitative estimate of drug-likeness (QED) is 0.336. The van der Waals surface area contributed by atoms with Gasteiger partial charge in [0.15, 0.2) is 5.65 Å². The number of alkyl halides is 1. The lowest BCUT2D eigenvalue weighted by Gasteiger charge is -2.37. The van der Waals surface area contributed by atoms with Gasteiger partial charge in [0.2, 0.25) is 10.0 Å². The summed E-state index contributed by atoms with van der Waals surface area (Å²) in [6, 6.07) is 12.9. The normalized spacial score (nSPS) is 15.1. The first kappa shape index (κ1) is 28.1. The topological polar surface area (TPSA) is 126 Å². The third kappa shape index (κ3) is 5.62. The fraction of sp³-hybridized carbons (Fsp3) is 0.286. The minimum Gasteiger partial charge on any atom is -0.339 e. The van der Waals surface area contributed by atoms with Crippen molar-refractivity contribution in [3.05, 3.63) is 89.0 Å². The van der Waals surface area contributed by atoms with E-state index in [1.54, 1.807) is 31.2 Å². The Balaban J connectivity index is 1.51. The van der Waals surface area contributed by atoms with Crippen LogP contribution < -0.4 is 10.0 Å². The molecule has 214 valence electrons. The molecule has 0 atom stereocenters. The number of carbonyl (C=O) groups is 2. The summed E-state index contributed by atoms with van der Waals surface area (Å²) < 4.78 is 56.6. The average Bonchev–Trinajstić information content (AvgIpc) is 3.40. The number of halogens is 2. The van der Waals surface area contributed by atoms with Crippen LogP contribution in [0.1, 0.15) is 51.6 Å². The molecule has 0 aliphatic carbocycles. The molecule has 0 saturated carbocycles. The molecule has 0 radical (unpaired) electrons. The molecule has 2 aromatic heterocycles. The molecule has 13 heteroatoms. The van der Waals surface area contributed by atoms with E-state index in [0.29, 0.717) is 16.8 Å². The number of fused-ring (bicyclic) bond motifs is 1. The number of rotatable bonds is 7. The minimum absolute atomic E-state index is 0.00175. The number of benzene rings is 2. The Morgan fingerprint density at radius 1 is 1.05 bits per heavy atom. The van der Waals surface area contributed by atoms with E-state index >= 15 is 4.39 Å². The predicted octanol–water partition coefficient (Wildman–Crippen LogP) is 4.10. The number of sulfonamides is 1. The van der Waals surface area contributed by atoms with Crippen LogP contribution in [0.15, 0.2) is 60.9 Å². The lowest BCUT2D eigenvalue weighted by molar-refractivity contribution is 0.0421. The molecule has 1 saturated heterocycles. The van der Waals surface area contributed by atoms with E-state index in [1.165, 1.54) is 40.7 Å². The van der Waals surface area contributed by atoms with E-state index in [9.17, 15) is 22.4 Å². The number of aryl methyl sites for hydroxylation is 1. The molecule has 3 heterocycles. The SMILES string of the molecule is CCS(=O)(=O)NC(=O)c1cnn2c(Nc3ccc(F)cc3C)c(C(=O)N3CCC(F)(c4ccccc4)CC3)cnc12. The Morgan fingerprint density at radius 3 is 2.41 bits per heavy atom. The molecule has 2 amide bonds. The monoisotopic (exact) mass is 582 g/mol. The molecule has 41 heavy (non-hydrogen) atoms. The highest BCUT2D eigenvalue weighted by atomic mass is 32.2. The molecule has 4 aromatic rings. The van der Waals surface area contributed by atoms with E-state index in [-0.39, 0.29) is 54.3 Å². The first-order chi connectivity index (χ1) is 19.5. The molecule has 1 aliphatic heterocycles. The molecule has 2 N–H and O–H groups in total. The van der Waals surface area contributed by atoms with E-state index < -0.39 is 33.3 Å². The summed E-state index contributed by atoms with van der Waals surface area (Å²) >= 11 is 0. The van der Waals surface area contributed by atoms with Crippen molar-refractivity contribution in [1.82, 2.24) is 24.2 Å². The largest absolute Gasteiger partial charge is 0.339 e. The zero-order chi connectivity index (χ0) is 29.4. The second kappa shape index (κ2) is 10.9. The van der Waals surface area contributed by atoms with Gasteiger partial charge in [-0.1, -0.05) is 30.3 Å². The van der Waals surface area contributed by atoms with Gasteiger partial charge in [0, 0.05) is 37.8 Å². The molecule has 0 bridgehead atoms. The maximum absolute atomic E-state index is 15.7. The molecule has 0 unspecified atom stereocenters. The first-order valence-corrected chi connectivity index (χ1v) is 14.6. The number of nitrogens with one attached hydrogen (secondary N) is 2. The van der Waals surface area contributed by atoms with Gasteiger partial charge < -0.3 is 10.2 Å². The van der Waals surface area contributed by atoms with Gasteiger partial charge in [-0.3, -0.25) is 9.59 Å². The molecular formula is C28H28F2N6O4S. The van der Waals surface area contributed by atoms with Gasteiger partial charge in [-0.25, -0.2) is 26.9 Å². The standard InChI is InChI=1S/C28H28F2N6O4S/c1-3-41(39,40)34-26(37)21-17-32-36-24(21)31-16-22(25(36)33-23-10-9-20(29)15-18(23)2)27(38)35-13-11-28(30,12-14-35)19-7-5-4-6-8-19/h4-10,15-17,33H,3,11-14H2,1-2H3,(H,34,37). The highest BCUT2D eigenvalue weighted by Crippen LogP contribution is 2.37. The summed E-state index contributed by atoms with van der Waals surface area (Å²) in [7, 11) is -3.85. The van der Waals surface area contributed by atoms with Gasteiger partial charge in [-0.2, -0.15) is 9.61 Å². The van der Waals surface area contributed by atoms with Crippen LogP contribution in [0.25, 0.3) is 5.65 Å². The van der Waals surface area contributed by atoms with Gasteiger partial charge in [0.05, 0.1) is 11.9 Å². The highest BCUT2D eigenvalue weighted by Gasteiger charge is 2.38. The zero-order valence-electron chi connectivity index (χ0n) is 22.4. The number of amides is 2. The van der Waals surface area contributed by atoms with Crippen LogP contribution in [0.4, 0.5) is 20.3 Å². The summed E-state index contributed by atoms with van der Waals surface area (Å²) in [6.45, 7) is 3.37. The number of hydrogen-bond acceptors (Lipinski definition) is 7. The van der Waals surface area contributed by atoms with Crippen molar-refractivity contribution in [3.63, 3.8) is 0 Å². The van der Waals surface area contributed by atoms with Crippen molar-refractivity contribution in [2.24, 2.45) is 0 Å². The molecule has 1 fully saturated rings. The summed E-state index contributed by atoms with van der Waals surface area (Å²) in [6.07, 6.45) is 2.63. The van der Waals surface area contributed by atoms with Gasteiger partial charge in [-0.05, 0) is 43.2 Å². The Hall–Kier alpha value is -4.39. The van der Waals surface area contributed by atoms with Crippen LogP contribution in [0.5, 0.6) is 0 Å². The van der Waals surface area contributed by atoms with Crippen LogP contribution in [0.3, 0.4) is 0 Å². The van der Waals surface area contributed by atoms with Crippen LogP contribution in [0.2, 0.25) is 0 Å². The number of nitrogens with zero attached hydrogens (tertiary/aromatic N) is 4. The molecule has 2 aromatic carbocycles. The molecule has 5 rings (SSSR count). The number of aromatic nitrogens is 3. The van der Waals surface area contributed by atoms with Gasteiger partial charge >= 0.3 is 0 Å². The van der Waals surface area contributed by atoms with Gasteiger partial charge in [-0.15, -0.1) is 0 Å². The van der Waals surface area contributed by atoms with E-state index in [2.05, 4.69) is 15.4 Å². The van der Waals surface area contributed by atoms with Crippen molar-refractivity contribution in [2.75, 3.05) is 24.2 Å². The number of piperidine rings is 1. The van der Waals surface area contributed by atoms with Crippen molar-refractivity contribution >= 4 is 39.0 Å². The number of hydrogen-bond donors (Lipinski definition) is 2. The smallest absolute Gasteiger partial charge is 0.270 e. The van der Waals surface area contributed by atoms with Crippen LogP contribution in [-0.2, 0) is 15.7 Å². The van der Waals surface area contributed by atoms with Crippen LogP contribution >= 0.6 is 0 Å². The third-order valence-corrected chi connectivity index (χ3v) is 8.46. The second-order valence-corrected chi connectivity index (χ2v) is 11.9. The van der Waals surface area contributed by atoms with E-state index in [4.69, 9.17) is 0 Å². The van der Waals surface area contributed by atoms with Gasteiger partial charge in [0.1, 0.15) is 28.4 Å². The van der Waals surface area contributed by atoms with Crippen molar-refractivity contribution in [2.45, 2.75) is 32.4 Å². The molecular weight excluding hydrogens is 554 g/mol. The van der Waals surface area contributed by atoms with Crippen LogP contribution in [0, 0.1) is 12.7 Å². The summed E-state index contributed by atoms with van der Waals surface area (Å²) in [5.74, 6) is -1.98. The number of anilines is 2. The summed E-state index contributed by atoms with van der Waals surface area (Å²) in [4.78, 5) is 32.3. The lowest BCUT2D eigenvalue weighted by Crippen LogP contribution is -2.43.